The molecule has 3 nitrogen and oxygen atoms in total. The molecule has 1 aliphatic rings. The van der Waals surface area contributed by atoms with Crippen molar-refractivity contribution >= 4 is 0 Å². The first-order chi connectivity index (χ1) is 4.43. The summed E-state index contributed by atoms with van der Waals surface area (Å²) in [6, 6.07) is 0. The van der Waals surface area contributed by atoms with Crippen LogP contribution in [0.15, 0.2) is 0 Å². The van der Waals surface area contributed by atoms with Crippen LogP contribution in [0.4, 0.5) is 0 Å². The largest absolute Gasteiger partial charge is 0.244 e. The molecule has 9 heavy (non-hydrogen) atoms. The van der Waals surface area contributed by atoms with Crippen molar-refractivity contribution in [3.05, 3.63) is 0 Å². The molecule has 3 N–H and O–H groups in total. The monoisotopic (exact) mass is 129 g/mol. The van der Waals surface area contributed by atoms with E-state index in [1.165, 1.54) is 12.8 Å². The van der Waals surface area contributed by atoms with E-state index in [0.717, 1.165) is 19.0 Å². The Balaban J connectivity index is 2.08. The van der Waals surface area contributed by atoms with Crippen molar-refractivity contribution in [1.82, 2.24) is 16.4 Å². The number of hydrogen-bond donors (Lipinski definition) is 3. The van der Waals surface area contributed by atoms with Crippen molar-refractivity contribution in [2.24, 2.45) is 5.92 Å². The lowest BCUT2D eigenvalue weighted by Crippen LogP contribution is -2.53. The van der Waals surface area contributed by atoms with Crippen LogP contribution < -0.4 is 16.4 Å². The van der Waals surface area contributed by atoms with E-state index >= 15 is 0 Å². The van der Waals surface area contributed by atoms with Crippen LogP contribution >= 0.6 is 0 Å². The van der Waals surface area contributed by atoms with E-state index in [9.17, 15) is 0 Å². The zero-order valence-electron chi connectivity index (χ0n) is 5.91. The summed E-state index contributed by atoms with van der Waals surface area (Å²) in [6.07, 6.45) is 2.61. The Morgan fingerprint density at radius 1 is 1.33 bits per heavy atom. The lowest BCUT2D eigenvalue weighted by atomic mass is 10.0. The molecule has 0 aromatic heterocycles. The number of nitrogens with one attached hydrogen (secondary N) is 3. The summed E-state index contributed by atoms with van der Waals surface area (Å²) in [7, 11) is 0. The fourth-order valence-electron chi connectivity index (χ4n) is 1.14. The van der Waals surface area contributed by atoms with Gasteiger partial charge in [0.05, 0.1) is 0 Å². The molecule has 1 aliphatic heterocycles. The second-order valence-corrected chi connectivity index (χ2v) is 2.54. The van der Waals surface area contributed by atoms with Gasteiger partial charge < -0.3 is 0 Å². The fourth-order valence-corrected chi connectivity index (χ4v) is 1.14. The van der Waals surface area contributed by atoms with E-state index in [0.29, 0.717) is 0 Å². The molecule has 54 valence electrons. The molecule has 0 aromatic carbocycles. The molecule has 0 unspecified atom stereocenters. The van der Waals surface area contributed by atoms with E-state index in [-0.39, 0.29) is 0 Å². The second-order valence-electron chi connectivity index (χ2n) is 2.54. The summed E-state index contributed by atoms with van der Waals surface area (Å²) >= 11 is 0. The molecule has 0 spiro atoms. The lowest BCUT2D eigenvalue weighted by Gasteiger charge is -2.23. The first kappa shape index (κ1) is 6.99. The Morgan fingerprint density at radius 2 is 2.00 bits per heavy atom. The Kier molecular flexibility index (Phi) is 2.97. The van der Waals surface area contributed by atoms with Crippen LogP contribution in [0.25, 0.3) is 0 Å². The third-order valence-electron chi connectivity index (χ3n) is 1.66. The predicted molar refractivity (Wildman–Crippen MR) is 37.5 cm³/mol. The van der Waals surface area contributed by atoms with Crippen LogP contribution in [-0.2, 0) is 0 Å². The van der Waals surface area contributed by atoms with E-state index in [1.54, 1.807) is 0 Å². The molecule has 0 atom stereocenters. The first-order valence-electron chi connectivity index (χ1n) is 3.64. The van der Waals surface area contributed by atoms with Gasteiger partial charge in [0.2, 0.25) is 0 Å². The van der Waals surface area contributed by atoms with Crippen LogP contribution in [0.3, 0.4) is 0 Å². The van der Waals surface area contributed by atoms with Gasteiger partial charge in [-0.1, -0.05) is 13.3 Å². The zero-order valence-corrected chi connectivity index (χ0v) is 5.91. The Hall–Kier alpha value is -0.120. The van der Waals surface area contributed by atoms with Crippen LogP contribution in [0.5, 0.6) is 0 Å². The molecule has 1 saturated heterocycles. The van der Waals surface area contributed by atoms with Crippen LogP contribution in [0, 0.1) is 5.92 Å². The number of hydrogen-bond acceptors (Lipinski definition) is 3. The van der Waals surface area contributed by atoms with Crippen molar-refractivity contribution in [2.75, 3.05) is 13.1 Å². The first-order valence-corrected chi connectivity index (χ1v) is 3.64. The SMILES string of the molecule is CCCC1CNNNC1. The molecule has 0 radical (unpaired) electrons. The normalized spacial score (nSPS) is 22.3. The third-order valence-corrected chi connectivity index (χ3v) is 1.66. The maximum atomic E-state index is 3.06. The van der Waals surface area contributed by atoms with Gasteiger partial charge in [-0.2, -0.15) is 5.53 Å². The maximum Gasteiger partial charge on any atom is 0.0154 e. The highest BCUT2D eigenvalue weighted by Gasteiger charge is 2.09. The highest BCUT2D eigenvalue weighted by Crippen LogP contribution is 2.03. The van der Waals surface area contributed by atoms with E-state index < -0.39 is 0 Å². The van der Waals surface area contributed by atoms with Gasteiger partial charge in [-0.25, -0.2) is 10.9 Å². The van der Waals surface area contributed by atoms with E-state index in [1.807, 2.05) is 0 Å². The van der Waals surface area contributed by atoms with Crippen molar-refractivity contribution < 1.29 is 0 Å². The highest BCUT2D eigenvalue weighted by atomic mass is 15.6. The smallest absolute Gasteiger partial charge is 0.0154 e. The average Bonchev–Trinajstić information content (AvgIpc) is 1.91. The summed E-state index contributed by atoms with van der Waals surface area (Å²) < 4.78 is 0. The maximum absolute atomic E-state index is 3.06. The molecule has 0 saturated carbocycles. The minimum atomic E-state index is 0.816. The van der Waals surface area contributed by atoms with Gasteiger partial charge in [-0.3, -0.25) is 0 Å². The summed E-state index contributed by atoms with van der Waals surface area (Å²) in [6.45, 7) is 4.42. The molecule has 0 aromatic rings. The van der Waals surface area contributed by atoms with Crippen LogP contribution in [0.1, 0.15) is 19.8 Å². The summed E-state index contributed by atoms with van der Waals surface area (Å²) in [5.74, 6) is 0.816. The van der Waals surface area contributed by atoms with Crippen molar-refractivity contribution in [3.8, 4) is 0 Å². The Morgan fingerprint density at radius 3 is 2.56 bits per heavy atom. The third kappa shape index (κ3) is 2.30. The van der Waals surface area contributed by atoms with Crippen molar-refractivity contribution in [2.45, 2.75) is 19.8 Å². The van der Waals surface area contributed by atoms with E-state index in [2.05, 4.69) is 23.3 Å². The van der Waals surface area contributed by atoms with Crippen molar-refractivity contribution in [3.63, 3.8) is 0 Å². The Labute approximate surface area is 56.1 Å². The molecule has 0 amide bonds. The molecular weight excluding hydrogens is 114 g/mol. The highest BCUT2D eigenvalue weighted by molar-refractivity contribution is 4.65. The second kappa shape index (κ2) is 3.82. The molecule has 0 bridgehead atoms. The van der Waals surface area contributed by atoms with Gasteiger partial charge in [0.15, 0.2) is 0 Å². The summed E-state index contributed by atoms with van der Waals surface area (Å²) in [5, 5.41) is 0. The minimum Gasteiger partial charge on any atom is -0.244 e. The van der Waals surface area contributed by atoms with Gasteiger partial charge in [0, 0.05) is 13.1 Å². The molecule has 0 aliphatic carbocycles. The summed E-state index contributed by atoms with van der Waals surface area (Å²) in [4.78, 5) is 0. The van der Waals surface area contributed by atoms with Gasteiger partial charge in [0.1, 0.15) is 0 Å². The quantitative estimate of drug-likeness (QED) is 0.492. The Bertz CT molecular complexity index is 65.9. The number of rotatable bonds is 2. The minimum absolute atomic E-state index is 0.816. The molecule has 1 rings (SSSR count). The topological polar surface area (TPSA) is 36.1 Å². The van der Waals surface area contributed by atoms with Gasteiger partial charge in [0.25, 0.3) is 0 Å². The zero-order chi connectivity index (χ0) is 6.53. The molecule has 1 fully saturated rings. The van der Waals surface area contributed by atoms with Crippen LogP contribution in [0.2, 0.25) is 0 Å². The van der Waals surface area contributed by atoms with Gasteiger partial charge >= 0.3 is 0 Å². The molecular formula is C6H15N3. The standard InChI is InChI=1S/C6H15N3/c1-2-3-6-4-7-9-8-5-6/h6-9H,2-5H2,1H3. The lowest BCUT2D eigenvalue weighted by molar-refractivity contribution is 0.278. The fraction of sp³-hybridized carbons (Fsp3) is 1.00. The van der Waals surface area contributed by atoms with Gasteiger partial charge in [-0.15, -0.1) is 0 Å². The molecule has 1 heterocycles. The van der Waals surface area contributed by atoms with Crippen molar-refractivity contribution in [1.29, 1.82) is 0 Å². The summed E-state index contributed by atoms with van der Waals surface area (Å²) in [5.41, 5.74) is 8.99. The van der Waals surface area contributed by atoms with Gasteiger partial charge in [-0.05, 0) is 12.3 Å². The van der Waals surface area contributed by atoms with Crippen LogP contribution in [-0.4, -0.2) is 13.1 Å². The number of hydrazine groups is 2. The van der Waals surface area contributed by atoms with E-state index in [4.69, 9.17) is 0 Å². The predicted octanol–water partition coefficient (Wildman–Crippen LogP) is 0.0151. The molecule has 3 heteroatoms. The average molecular weight is 129 g/mol.